The topological polar surface area (TPSA) is 92.8 Å². The van der Waals surface area contributed by atoms with Gasteiger partial charge in [-0.25, -0.2) is 13.2 Å². The van der Waals surface area contributed by atoms with Crippen molar-refractivity contribution >= 4 is 27.6 Å². The number of carbonyl (C=O) groups excluding carboxylic acids is 2. The maximum Gasteiger partial charge on any atom is 0.338 e. The third kappa shape index (κ3) is 4.80. The summed E-state index contributed by atoms with van der Waals surface area (Å²) < 4.78 is 30.3. The minimum atomic E-state index is -3.25. The minimum absolute atomic E-state index is 0.144. The van der Waals surface area contributed by atoms with Crippen LogP contribution in [-0.2, 0) is 19.6 Å². The van der Waals surface area contributed by atoms with Gasteiger partial charge >= 0.3 is 5.97 Å². The van der Waals surface area contributed by atoms with Crippen molar-refractivity contribution in [1.82, 2.24) is 5.32 Å². The van der Waals surface area contributed by atoms with E-state index in [9.17, 15) is 18.0 Å². The third-order valence-corrected chi connectivity index (χ3v) is 7.15. The minimum Gasteiger partial charge on any atom is -0.452 e. The van der Waals surface area contributed by atoms with Crippen LogP contribution in [0, 0.1) is 5.92 Å². The molecule has 27 heavy (non-hydrogen) atoms. The fraction of sp³-hybridized carbons (Fsp3) is 0.579. The van der Waals surface area contributed by atoms with Crippen molar-refractivity contribution < 1.29 is 22.7 Å². The quantitative estimate of drug-likeness (QED) is 0.772. The van der Waals surface area contributed by atoms with Crippen molar-refractivity contribution in [1.29, 1.82) is 0 Å². The average molecular weight is 394 g/mol. The Morgan fingerprint density at radius 2 is 1.85 bits per heavy atom. The van der Waals surface area contributed by atoms with Gasteiger partial charge in [0.2, 0.25) is 10.0 Å². The summed E-state index contributed by atoms with van der Waals surface area (Å²) in [4.78, 5) is 24.2. The van der Waals surface area contributed by atoms with Crippen molar-refractivity contribution in [2.45, 2.75) is 45.1 Å². The number of nitrogens with one attached hydrogen (secondary N) is 1. The highest BCUT2D eigenvalue weighted by Gasteiger charge is 2.28. The predicted molar refractivity (Wildman–Crippen MR) is 102 cm³/mol. The van der Waals surface area contributed by atoms with Crippen LogP contribution in [0.5, 0.6) is 0 Å². The van der Waals surface area contributed by atoms with Gasteiger partial charge in [-0.3, -0.25) is 9.10 Å². The zero-order chi connectivity index (χ0) is 19.4. The molecular weight excluding hydrogens is 368 g/mol. The van der Waals surface area contributed by atoms with E-state index in [0.717, 1.165) is 19.3 Å². The Kier molecular flexibility index (Phi) is 6.04. The van der Waals surface area contributed by atoms with Gasteiger partial charge in [-0.15, -0.1) is 0 Å². The van der Waals surface area contributed by atoms with Crippen molar-refractivity contribution in [2.24, 2.45) is 5.92 Å². The lowest BCUT2D eigenvalue weighted by Crippen LogP contribution is -2.42. The summed E-state index contributed by atoms with van der Waals surface area (Å²) in [6.07, 6.45) is 4.96. The smallest absolute Gasteiger partial charge is 0.338 e. The second-order valence-corrected chi connectivity index (χ2v) is 9.31. The molecular formula is C19H26N2O5S. The first kappa shape index (κ1) is 19.7. The van der Waals surface area contributed by atoms with Crippen LogP contribution in [0.1, 0.15) is 49.4 Å². The monoisotopic (exact) mass is 394 g/mol. The zero-order valence-corrected chi connectivity index (χ0v) is 16.3. The molecule has 1 heterocycles. The van der Waals surface area contributed by atoms with Gasteiger partial charge in [0.25, 0.3) is 5.91 Å². The molecule has 0 radical (unpaired) electrons. The first-order chi connectivity index (χ1) is 12.9. The number of hydrogen-bond acceptors (Lipinski definition) is 5. The summed E-state index contributed by atoms with van der Waals surface area (Å²) in [7, 11) is -3.25. The Morgan fingerprint density at radius 1 is 1.15 bits per heavy atom. The van der Waals surface area contributed by atoms with E-state index in [1.807, 2.05) is 0 Å². The Hall–Kier alpha value is -2.09. The van der Waals surface area contributed by atoms with Crippen LogP contribution >= 0.6 is 0 Å². The van der Waals surface area contributed by atoms with Gasteiger partial charge < -0.3 is 10.1 Å². The summed E-state index contributed by atoms with van der Waals surface area (Å²) in [6.45, 7) is 2.26. The highest BCUT2D eigenvalue weighted by Crippen LogP contribution is 2.25. The number of sulfonamides is 1. The molecule has 8 heteroatoms. The summed E-state index contributed by atoms with van der Waals surface area (Å²) in [5.74, 6) is -0.307. The van der Waals surface area contributed by atoms with Crippen molar-refractivity contribution in [3.8, 4) is 0 Å². The van der Waals surface area contributed by atoms with Gasteiger partial charge in [0.05, 0.1) is 17.0 Å². The maximum atomic E-state index is 12.1. The summed E-state index contributed by atoms with van der Waals surface area (Å²) in [5.41, 5.74) is 0.822. The fourth-order valence-electron chi connectivity index (χ4n) is 3.69. The van der Waals surface area contributed by atoms with Gasteiger partial charge in [0.1, 0.15) is 0 Å². The Labute approximate surface area is 160 Å². The van der Waals surface area contributed by atoms with Crippen LogP contribution in [0.25, 0.3) is 0 Å². The lowest BCUT2D eigenvalue weighted by molar-refractivity contribution is -0.125. The number of carbonyl (C=O) groups is 2. The summed E-state index contributed by atoms with van der Waals surface area (Å²) >= 11 is 0. The number of benzene rings is 1. The first-order valence-electron chi connectivity index (χ1n) is 9.44. The van der Waals surface area contributed by atoms with E-state index in [-0.39, 0.29) is 29.9 Å². The lowest BCUT2D eigenvalue weighted by Gasteiger charge is -2.29. The molecule has 148 valence electrons. The van der Waals surface area contributed by atoms with Crippen LogP contribution in [0.3, 0.4) is 0 Å². The normalized spacial score (nSPS) is 24.4. The van der Waals surface area contributed by atoms with Gasteiger partial charge in [0.15, 0.2) is 6.61 Å². The van der Waals surface area contributed by atoms with Crippen molar-refractivity contribution in [3.63, 3.8) is 0 Å². The van der Waals surface area contributed by atoms with E-state index >= 15 is 0 Å². The predicted octanol–water partition coefficient (Wildman–Crippen LogP) is 2.08. The highest BCUT2D eigenvalue weighted by atomic mass is 32.2. The molecule has 1 aliphatic heterocycles. The molecule has 2 atom stereocenters. The van der Waals surface area contributed by atoms with Crippen molar-refractivity contribution in [2.75, 3.05) is 23.2 Å². The third-order valence-electron chi connectivity index (χ3n) is 5.28. The first-order valence-corrected chi connectivity index (χ1v) is 11.0. The maximum absolute atomic E-state index is 12.1. The number of hydrogen-bond donors (Lipinski definition) is 1. The Balaban J connectivity index is 1.51. The second kappa shape index (κ2) is 8.29. The molecule has 7 nitrogen and oxygen atoms in total. The number of anilines is 1. The number of nitrogens with zero attached hydrogens (tertiary/aromatic N) is 1. The highest BCUT2D eigenvalue weighted by molar-refractivity contribution is 7.93. The lowest BCUT2D eigenvalue weighted by atomic mass is 9.86. The van der Waals surface area contributed by atoms with E-state index in [4.69, 9.17) is 4.74 Å². The van der Waals surface area contributed by atoms with E-state index in [1.165, 1.54) is 22.9 Å². The average Bonchev–Trinajstić information content (AvgIpc) is 3.01. The Morgan fingerprint density at radius 3 is 2.48 bits per heavy atom. The Bertz CT molecular complexity index is 791. The van der Waals surface area contributed by atoms with Crippen molar-refractivity contribution in [3.05, 3.63) is 29.8 Å². The van der Waals surface area contributed by atoms with Gasteiger partial charge in [-0.1, -0.05) is 19.8 Å². The van der Waals surface area contributed by atoms with Crippen LogP contribution < -0.4 is 9.62 Å². The number of ether oxygens (including phenoxy) is 1. The summed E-state index contributed by atoms with van der Waals surface area (Å²) in [5, 5.41) is 2.94. The molecule has 0 spiro atoms. The summed E-state index contributed by atoms with van der Waals surface area (Å²) in [6, 6.07) is 6.36. The molecule has 2 unspecified atom stereocenters. The van der Waals surface area contributed by atoms with Crippen LogP contribution in [0.15, 0.2) is 24.3 Å². The van der Waals surface area contributed by atoms with Gasteiger partial charge in [-0.2, -0.15) is 0 Å². The number of esters is 1. The molecule has 1 aromatic rings. The second-order valence-electron chi connectivity index (χ2n) is 7.30. The fourth-order valence-corrected chi connectivity index (χ4v) is 5.25. The zero-order valence-electron chi connectivity index (χ0n) is 15.5. The molecule has 2 aliphatic rings. The van der Waals surface area contributed by atoms with Gasteiger partial charge in [-0.05, 0) is 49.4 Å². The molecule has 1 saturated carbocycles. The SMILES string of the molecule is CC1CCCCC1NC(=O)COC(=O)c1ccc(N2CCCS2(=O)=O)cc1. The molecule has 2 fully saturated rings. The largest absolute Gasteiger partial charge is 0.452 e. The molecule has 1 N–H and O–H groups in total. The van der Waals surface area contributed by atoms with E-state index in [2.05, 4.69) is 12.2 Å². The van der Waals surface area contributed by atoms with Crippen LogP contribution in [-0.4, -0.2) is 45.2 Å². The molecule has 1 saturated heterocycles. The molecule has 3 rings (SSSR count). The molecule has 0 bridgehead atoms. The molecule has 1 amide bonds. The molecule has 1 aliphatic carbocycles. The number of rotatable bonds is 5. The van der Waals surface area contributed by atoms with E-state index in [0.29, 0.717) is 24.6 Å². The van der Waals surface area contributed by atoms with Gasteiger partial charge in [0, 0.05) is 12.6 Å². The molecule has 1 aromatic carbocycles. The standard InChI is InChI=1S/C19H26N2O5S/c1-14-5-2-3-6-17(14)20-18(22)13-26-19(23)15-7-9-16(10-8-15)21-11-4-12-27(21,24)25/h7-10,14,17H,2-6,11-13H2,1H3,(H,20,22). The van der Waals surface area contributed by atoms with E-state index < -0.39 is 16.0 Å². The number of amides is 1. The van der Waals surface area contributed by atoms with Crippen LogP contribution in [0.2, 0.25) is 0 Å². The van der Waals surface area contributed by atoms with E-state index in [1.54, 1.807) is 12.1 Å². The van der Waals surface area contributed by atoms with Crippen LogP contribution in [0.4, 0.5) is 5.69 Å². The molecule has 0 aromatic heterocycles.